The van der Waals surface area contributed by atoms with Crippen LogP contribution in [0, 0.1) is 0 Å². The van der Waals surface area contributed by atoms with Crippen molar-refractivity contribution in [3.63, 3.8) is 0 Å². The number of carbonyl (C=O) groups excluding carboxylic acids is 3. The van der Waals surface area contributed by atoms with Crippen LogP contribution < -0.4 is 11.1 Å². The van der Waals surface area contributed by atoms with Gasteiger partial charge in [-0.1, -0.05) is 147 Å². The highest BCUT2D eigenvalue weighted by Gasteiger charge is 2.43. The third kappa shape index (κ3) is 23.4. The number of ether oxygens (including phenoxy) is 3. The number of aliphatic hydroxyl groups excluding tert-OH is 4. The lowest BCUT2D eigenvalue weighted by atomic mass is 9.99. The summed E-state index contributed by atoms with van der Waals surface area (Å²) in [5.41, 5.74) is 6.16. The highest BCUT2D eigenvalue weighted by Crippen LogP contribution is 2.21. The van der Waals surface area contributed by atoms with Crippen molar-refractivity contribution in [1.82, 2.24) is 15.0 Å². The number of rotatable bonds is 35. The van der Waals surface area contributed by atoms with Crippen LogP contribution in [0.2, 0.25) is 0 Å². The third-order valence-corrected chi connectivity index (χ3v) is 11.7. The molecule has 1 aliphatic heterocycles. The summed E-state index contributed by atoms with van der Waals surface area (Å²) in [6, 6.07) is -0.957. The molecule has 5 unspecified atom stereocenters. The Labute approximate surface area is 351 Å². The van der Waals surface area contributed by atoms with Crippen molar-refractivity contribution in [3.05, 3.63) is 6.20 Å². The minimum Gasteiger partial charge on any atom is -0.462 e. The topological polar surface area (TPSA) is 229 Å². The van der Waals surface area contributed by atoms with E-state index in [2.05, 4.69) is 29.5 Å². The maximum Gasteiger partial charge on any atom is 0.306 e. The second-order valence-corrected chi connectivity index (χ2v) is 16.9. The number of esters is 2. The SMILES string of the molecule is CCCCCCCCCCCCCC(=O)OC[C@H](CSC[C@@H](N)C(=O)Nc1cn(CC2OC(O)C(O)C(O)C2O)nn1)OC(=O)CCCCCCCCCCCCC. The van der Waals surface area contributed by atoms with Gasteiger partial charge in [-0.3, -0.25) is 14.4 Å². The van der Waals surface area contributed by atoms with Gasteiger partial charge in [-0.15, -0.1) is 5.10 Å². The van der Waals surface area contributed by atoms with Gasteiger partial charge < -0.3 is 45.7 Å². The first kappa shape index (κ1) is 51.8. The summed E-state index contributed by atoms with van der Waals surface area (Å²) in [6.07, 6.45) is 19.8. The lowest BCUT2D eigenvalue weighted by Gasteiger charge is -2.38. The number of anilines is 1. The minimum absolute atomic E-state index is 0.0647. The molecule has 1 amide bonds. The molecule has 0 spiro atoms. The van der Waals surface area contributed by atoms with E-state index in [0.29, 0.717) is 12.8 Å². The number of hydrogen-bond acceptors (Lipinski definition) is 14. The van der Waals surface area contributed by atoms with Crippen molar-refractivity contribution >= 4 is 35.4 Å². The fourth-order valence-electron chi connectivity index (χ4n) is 6.82. The molecule has 58 heavy (non-hydrogen) atoms. The number of carbonyl (C=O) groups is 3. The van der Waals surface area contributed by atoms with E-state index in [9.17, 15) is 34.8 Å². The molecule has 336 valence electrons. The summed E-state index contributed by atoms with van der Waals surface area (Å²) in [5, 5.41) is 49.9. The number of unbranched alkanes of at least 4 members (excludes halogenated alkanes) is 20. The van der Waals surface area contributed by atoms with Crippen molar-refractivity contribution in [2.75, 3.05) is 23.4 Å². The van der Waals surface area contributed by atoms with Crippen LogP contribution in [0.4, 0.5) is 5.82 Å². The van der Waals surface area contributed by atoms with E-state index < -0.39 is 48.8 Å². The van der Waals surface area contributed by atoms with Crippen LogP contribution in [0.25, 0.3) is 0 Å². The van der Waals surface area contributed by atoms with Crippen LogP contribution in [-0.4, -0.2) is 114 Å². The largest absolute Gasteiger partial charge is 0.462 e. The number of aliphatic hydroxyl groups is 4. The first-order valence-electron chi connectivity index (χ1n) is 22.3. The van der Waals surface area contributed by atoms with Gasteiger partial charge in [0, 0.05) is 24.3 Å². The van der Waals surface area contributed by atoms with Crippen molar-refractivity contribution < 1.29 is 49.0 Å². The summed E-state index contributed by atoms with van der Waals surface area (Å²) in [5.74, 6) is -0.644. The molecular formula is C42H77N5O10S. The number of hydrogen-bond donors (Lipinski definition) is 6. The quantitative estimate of drug-likeness (QED) is 0.0344. The van der Waals surface area contributed by atoms with Crippen molar-refractivity contribution in [1.29, 1.82) is 0 Å². The Morgan fingerprint density at radius 2 is 1.24 bits per heavy atom. The lowest BCUT2D eigenvalue weighted by Crippen LogP contribution is -2.58. The fraction of sp³-hybridized carbons (Fsp3) is 0.881. The van der Waals surface area contributed by atoms with E-state index in [1.165, 1.54) is 125 Å². The fourth-order valence-corrected chi connectivity index (χ4v) is 7.79. The number of nitrogens with two attached hydrogens (primary N) is 1. The summed E-state index contributed by atoms with van der Waals surface area (Å²) in [6.45, 7) is 4.27. The molecule has 1 aromatic heterocycles. The molecule has 2 heterocycles. The maximum absolute atomic E-state index is 12.8. The predicted molar refractivity (Wildman–Crippen MR) is 226 cm³/mol. The normalized spacial score (nSPS) is 20.4. The van der Waals surface area contributed by atoms with Crippen LogP contribution in [-0.2, 0) is 35.1 Å². The molecule has 0 radical (unpaired) electrons. The van der Waals surface area contributed by atoms with Gasteiger partial charge in [0.15, 0.2) is 12.1 Å². The van der Waals surface area contributed by atoms with Gasteiger partial charge in [-0.05, 0) is 12.8 Å². The van der Waals surface area contributed by atoms with E-state index >= 15 is 0 Å². The molecule has 1 saturated heterocycles. The molecule has 0 aromatic carbocycles. The van der Waals surface area contributed by atoms with Crippen LogP contribution >= 0.6 is 11.8 Å². The zero-order chi connectivity index (χ0) is 42.4. The van der Waals surface area contributed by atoms with E-state index in [1.54, 1.807) is 0 Å². The van der Waals surface area contributed by atoms with Crippen LogP contribution in [0.5, 0.6) is 0 Å². The average Bonchev–Trinajstić information content (AvgIpc) is 3.65. The molecule has 1 fully saturated rings. The highest BCUT2D eigenvalue weighted by molar-refractivity contribution is 7.99. The zero-order valence-corrected chi connectivity index (χ0v) is 36.3. The van der Waals surface area contributed by atoms with Gasteiger partial charge in [-0.2, -0.15) is 11.8 Å². The number of amides is 1. The molecule has 15 nitrogen and oxygen atoms in total. The van der Waals surface area contributed by atoms with Gasteiger partial charge in [0.1, 0.15) is 37.1 Å². The Bertz CT molecular complexity index is 1230. The van der Waals surface area contributed by atoms with Crippen LogP contribution in [0.3, 0.4) is 0 Å². The van der Waals surface area contributed by atoms with Crippen molar-refractivity contribution in [3.8, 4) is 0 Å². The third-order valence-electron chi connectivity index (χ3n) is 10.5. The molecule has 16 heteroatoms. The predicted octanol–water partition coefficient (Wildman–Crippen LogP) is 5.93. The van der Waals surface area contributed by atoms with E-state index in [4.69, 9.17) is 19.9 Å². The van der Waals surface area contributed by atoms with Gasteiger partial charge in [0.2, 0.25) is 5.91 Å². The van der Waals surface area contributed by atoms with Gasteiger partial charge >= 0.3 is 11.9 Å². The van der Waals surface area contributed by atoms with Crippen LogP contribution in [0.15, 0.2) is 6.20 Å². The highest BCUT2D eigenvalue weighted by atomic mass is 32.2. The number of aromatic nitrogens is 3. The molecule has 0 aliphatic carbocycles. The molecular weight excluding hydrogens is 767 g/mol. The summed E-state index contributed by atoms with van der Waals surface area (Å²) < 4.78 is 17.7. The smallest absolute Gasteiger partial charge is 0.306 e. The lowest BCUT2D eigenvalue weighted by molar-refractivity contribution is -0.284. The maximum atomic E-state index is 12.8. The molecule has 7 N–H and O–H groups in total. The van der Waals surface area contributed by atoms with E-state index in [-0.39, 0.29) is 42.4 Å². The molecule has 1 aliphatic rings. The Hall–Kier alpha value is -2.34. The molecule has 0 bridgehead atoms. The zero-order valence-electron chi connectivity index (χ0n) is 35.5. The molecule has 2 rings (SSSR count). The monoisotopic (exact) mass is 844 g/mol. The van der Waals surface area contributed by atoms with E-state index in [1.807, 2.05) is 0 Å². The van der Waals surface area contributed by atoms with Crippen LogP contribution in [0.1, 0.15) is 168 Å². The summed E-state index contributed by atoms with van der Waals surface area (Å²) in [4.78, 5) is 38.2. The summed E-state index contributed by atoms with van der Waals surface area (Å²) in [7, 11) is 0. The van der Waals surface area contributed by atoms with Gasteiger partial charge in [-0.25, -0.2) is 4.68 Å². The minimum atomic E-state index is -1.69. The number of thioether (sulfide) groups is 1. The molecule has 1 aromatic rings. The Morgan fingerprint density at radius 1 is 0.741 bits per heavy atom. The first-order valence-corrected chi connectivity index (χ1v) is 23.5. The molecule has 0 saturated carbocycles. The summed E-state index contributed by atoms with van der Waals surface area (Å²) >= 11 is 1.31. The average molecular weight is 844 g/mol. The Kier molecular flexibility index (Phi) is 29.0. The second kappa shape index (κ2) is 32.4. The van der Waals surface area contributed by atoms with Crippen molar-refractivity contribution in [2.24, 2.45) is 5.73 Å². The van der Waals surface area contributed by atoms with Gasteiger partial charge in [0.25, 0.3) is 0 Å². The van der Waals surface area contributed by atoms with E-state index in [0.717, 1.165) is 38.5 Å². The standard InChI is InChI=1S/C42H77N5O10S/c1-3-5-7-9-11-13-15-17-19-21-23-25-36(48)55-29-32(56-37(49)26-24-22-20-18-16-14-12-10-8-6-4-2)30-58-31-33(43)41(53)44-35-28-47(46-45-35)27-34-38(50)39(51)40(52)42(54)57-34/h28,32-34,38-40,42,50-52,54H,3-27,29-31,43H2,1-2H3,(H,44,53)/t32-,33-,34?,38?,39?,40?,42?/m1/s1. The number of nitrogens with one attached hydrogen (secondary N) is 1. The second-order valence-electron chi connectivity index (χ2n) is 15.9. The first-order chi connectivity index (χ1) is 28.0. The number of nitrogens with zero attached hydrogens (tertiary/aromatic N) is 3. The van der Waals surface area contributed by atoms with Crippen molar-refractivity contribution in [2.45, 2.75) is 217 Å². The Morgan fingerprint density at radius 3 is 1.78 bits per heavy atom. The molecule has 7 atom stereocenters. The van der Waals surface area contributed by atoms with Gasteiger partial charge in [0.05, 0.1) is 18.8 Å². The Balaban J connectivity index is 1.75.